The zero-order chi connectivity index (χ0) is 18.5. The van der Waals surface area contributed by atoms with Crippen molar-refractivity contribution < 1.29 is 4.79 Å². The van der Waals surface area contributed by atoms with Crippen molar-refractivity contribution in [2.24, 2.45) is 0 Å². The van der Waals surface area contributed by atoms with E-state index >= 15 is 0 Å². The Kier molecular flexibility index (Phi) is 6.43. The van der Waals surface area contributed by atoms with Gasteiger partial charge in [-0.3, -0.25) is 9.69 Å². The van der Waals surface area contributed by atoms with Crippen LogP contribution in [0.5, 0.6) is 0 Å². The van der Waals surface area contributed by atoms with Gasteiger partial charge in [0, 0.05) is 31.2 Å². The number of amides is 1. The number of rotatable bonds is 5. The van der Waals surface area contributed by atoms with E-state index in [1.807, 2.05) is 41.7 Å². The maximum absolute atomic E-state index is 12.6. The fourth-order valence-electron chi connectivity index (χ4n) is 3.68. The number of carbonyl (C=O) groups is 1. The summed E-state index contributed by atoms with van der Waals surface area (Å²) >= 11 is 4.03. The fraction of sp³-hybridized carbons (Fsp3) is 0.409. The molecule has 1 unspecified atom stereocenters. The first kappa shape index (κ1) is 18.9. The second-order valence-corrected chi connectivity index (χ2v) is 9.95. The minimum atomic E-state index is 0.0528. The molecule has 2 fully saturated rings. The van der Waals surface area contributed by atoms with Gasteiger partial charge in [-0.25, -0.2) is 0 Å². The highest BCUT2D eigenvalue weighted by atomic mass is 32.2. The van der Waals surface area contributed by atoms with E-state index < -0.39 is 0 Å². The van der Waals surface area contributed by atoms with Gasteiger partial charge in [0.2, 0.25) is 0 Å². The lowest BCUT2D eigenvalue weighted by Gasteiger charge is -2.21. The highest BCUT2D eigenvalue weighted by Gasteiger charge is 2.24. The second kappa shape index (κ2) is 9.18. The van der Waals surface area contributed by atoms with Gasteiger partial charge in [-0.15, -0.1) is 23.5 Å². The third kappa shape index (κ3) is 5.09. The van der Waals surface area contributed by atoms with E-state index in [2.05, 4.69) is 46.6 Å². The summed E-state index contributed by atoms with van der Waals surface area (Å²) in [5.41, 5.74) is 3.43. The largest absolute Gasteiger partial charge is 0.348 e. The molecule has 1 amide bonds. The first-order valence-corrected chi connectivity index (χ1v) is 11.8. The van der Waals surface area contributed by atoms with E-state index in [0.29, 0.717) is 4.58 Å². The van der Waals surface area contributed by atoms with E-state index in [1.54, 1.807) is 0 Å². The van der Waals surface area contributed by atoms with Crippen LogP contribution in [0.1, 0.15) is 38.9 Å². The summed E-state index contributed by atoms with van der Waals surface area (Å²) in [6, 6.07) is 19.0. The van der Waals surface area contributed by atoms with E-state index in [0.717, 1.165) is 31.6 Å². The highest BCUT2D eigenvalue weighted by molar-refractivity contribution is 8.16. The lowest BCUT2D eigenvalue weighted by molar-refractivity contribution is 0.0937. The van der Waals surface area contributed by atoms with Crippen molar-refractivity contribution in [2.75, 3.05) is 24.6 Å². The molecule has 1 N–H and O–H groups in total. The van der Waals surface area contributed by atoms with Gasteiger partial charge in [-0.05, 0) is 47.6 Å². The molecule has 2 saturated heterocycles. The van der Waals surface area contributed by atoms with E-state index in [1.165, 1.54) is 29.1 Å². The monoisotopic (exact) mass is 398 g/mol. The van der Waals surface area contributed by atoms with Gasteiger partial charge in [-0.2, -0.15) is 0 Å². The molecular formula is C22H26N2OS2. The maximum atomic E-state index is 12.6. The summed E-state index contributed by atoms with van der Waals surface area (Å²) in [6.07, 6.45) is 2.32. The predicted molar refractivity (Wildman–Crippen MR) is 116 cm³/mol. The predicted octanol–water partition coefficient (Wildman–Crippen LogP) is 4.56. The molecule has 2 aromatic carbocycles. The Balaban J connectivity index is 1.29. The number of nitrogens with one attached hydrogen (secondary N) is 1. The van der Waals surface area contributed by atoms with Crippen molar-refractivity contribution in [3.05, 3.63) is 71.3 Å². The molecule has 0 radical (unpaired) electrons. The molecule has 2 aliphatic rings. The summed E-state index contributed by atoms with van der Waals surface area (Å²) in [7, 11) is 0. The number of carbonyl (C=O) groups excluding carboxylic acids is 1. The fourth-order valence-corrected chi connectivity index (χ4v) is 6.57. The summed E-state index contributed by atoms with van der Waals surface area (Å²) < 4.78 is 0.525. The van der Waals surface area contributed by atoms with E-state index in [9.17, 15) is 4.79 Å². The summed E-state index contributed by atoms with van der Waals surface area (Å²) in [5.74, 6) is 2.53. The Morgan fingerprint density at radius 2 is 1.78 bits per heavy atom. The molecule has 0 aromatic heterocycles. The third-order valence-electron chi connectivity index (χ3n) is 5.13. The average Bonchev–Trinajstić information content (AvgIpc) is 3.16. The Hall–Kier alpha value is -1.43. The van der Waals surface area contributed by atoms with Gasteiger partial charge in [0.05, 0.1) is 4.58 Å². The number of nitrogens with zero attached hydrogens (tertiary/aromatic N) is 1. The SMILES string of the molecule is O=C(NC1CCN(Cc2ccccc2)C1)c1ccc(C2SCCCS2)cc1. The number of hydrogen-bond acceptors (Lipinski definition) is 4. The molecule has 2 heterocycles. The quantitative estimate of drug-likeness (QED) is 0.800. The molecule has 0 bridgehead atoms. The van der Waals surface area contributed by atoms with Crippen LogP contribution in [0.25, 0.3) is 0 Å². The zero-order valence-corrected chi connectivity index (χ0v) is 17.1. The normalized spacial score (nSPS) is 21.3. The van der Waals surface area contributed by atoms with Crippen LogP contribution in [0.3, 0.4) is 0 Å². The minimum Gasteiger partial charge on any atom is -0.348 e. The Morgan fingerprint density at radius 1 is 1.04 bits per heavy atom. The van der Waals surface area contributed by atoms with Crippen molar-refractivity contribution in [3.8, 4) is 0 Å². The van der Waals surface area contributed by atoms with Crippen LogP contribution in [0.2, 0.25) is 0 Å². The first-order valence-electron chi connectivity index (χ1n) is 9.68. The van der Waals surface area contributed by atoms with Crippen LogP contribution < -0.4 is 5.32 Å². The van der Waals surface area contributed by atoms with Crippen molar-refractivity contribution >= 4 is 29.4 Å². The average molecular weight is 399 g/mol. The lowest BCUT2D eigenvalue weighted by Crippen LogP contribution is -2.37. The number of thioether (sulfide) groups is 2. The standard InChI is InChI=1S/C22H26N2OS2/c25-21(18-7-9-19(10-8-18)22-26-13-4-14-27-22)23-20-11-12-24(16-20)15-17-5-2-1-3-6-17/h1-3,5-10,20,22H,4,11-16H2,(H,23,25). The van der Waals surface area contributed by atoms with E-state index in [-0.39, 0.29) is 11.9 Å². The third-order valence-corrected chi connectivity index (χ3v) is 8.14. The van der Waals surface area contributed by atoms with Crippen LogP contribution in [-0.2, 0) is 6.54 Å². The molecule has 2 aromatic rings. The molecule has 4 rings (SSSR count). The van der Waals surface area contributed by atoms with Gasteiger partial charge in [-0.1, -0.05) is 42.5 Å². The van der Waals surface area contributed by atoms with Crippen LogP contribution in [0.4, 0.5) is 0 Å². The second-order valence-electron chi connectivity index (χ2n) is 7.23. The number of benzene rings is 2. The van der Waals surface area contributed by atoms with Gasteiger partial charge in [0.15, 0.2) is 0 Å². The van der Waals surface area contributed by atoms with Crippen LogP contribution in [0, 0.1) is 0 Å². The molecule has 0 saturated carbocycles. The van der Waals surface area contributed by atoms with Crippen LogP contribution >= 0.6 is 23.5 Å². The van der Waals surface area contributed by atoms with Crippen LogP contribution in [0.15, 0.2) is 54.6 Å². The Bertz CT molecular complexity index is 745. The summed E-state index contributed by atoms with van der Waals surface area (Å²) in [4.78, 5) is 15.0. The molecule has 0 aliphatic carbocycles. The molecule has 27 heavy (non-hydrogen) atoms. The molecule has 2 aliphatic heterocycles. The van der Waals surface area contributed by atoms with Gasteiger partial charge in [0.25, 0.3) is 5.91 Å². The first-order chi connectivity index (χ1) is 13.3. The minimum absolute atomic E-state index is 0.0528. The smallest absolute Gasteiger partial charge is 0.251 e. The van der Waals surface area contributed by atoms with Gasteiger partial charge in [0.1, 0.15) is 0 Å². The van der Waals surface area contributed by atoms with Crippen molar-refractivity contribution in [1.29, 1.82) is 0 Å². The summed E-state index contributed by atoms with van der Waals surface area (Å²) in [6.45, 7) is 2.92. The molecule has 5 heteroatoms. The molecule has 142 valence electrons. The molecular weight excluding hydrogens is 372 g/mol. The Morgan fingerprint density at radius 3 is 2.52 bits per heavy atom. The van der Waals surface area contributed by atoms with Crippen molar-refractivity contribution in [2.45, 2.75) is 30.0 Å². The van der Waals surface area contributed by atoms with E-state index in [4.69, 9.17) is 0 Å². The topological polar surface area (TPSA) is 32.3 Å². The molecule has 0 spiro atoms. The van der Waals surface area contributed by atoms with Gasteiger partial charge < -0.3 is 5.32 Å². The van der Waals surface area contributed by atoms with Crippen molar-refractivity contribution in [1.82, 2.24) is 10.2 Å². The number of hydrogen-bond donors (Lipinski definition) is 1. The zero-order valence-electron chi connectivity index (χ0n) is 15.5. The molecule has 3 nitrogen and oxygen atoms in total. The highest BCUT2D eigenvalue weighted by Crippen LogP contribution is 2.43. The molecule has 1 atom stereocenters. The summed E-state index contributed by atoms with van der Waals surface area (Å²) in [5, 5.41) is 3.22. The van der Waals surface area contributed by atoms with Crippen LogP contribution in [-0.4, -0.2) is 41.4 Å². The van der Waals surface area contributed by atoms with Gasteiger partial charge >= 0.3 is 0 Å². The Labute approximate surface area is 170 Å². The lowest BCUT2D eigenvalue weighted by atomic mass is 10.1. The maximum Gasteiger partial charge on any atom is 0.251 e. The van der Waals surface area contributed by atoms with Crippen molar-refractivity contribution in [3.63, 3.8) is 0 Å². The number of likely N-dealkylation sites (tertiary alicyclic amines) is 1.